The quantitative estimate of drug-likeness (QED) is 0.544. The van der Waals surface area contributed by atoms with E-state index in [0.29, 0.717) is 22.7 Å². The Kier molecular flexibility index (Phi) is 7.10. The van der Waals surface area contributed by atoms with Crippen LogP contribution in [0.25, 0.3) is 6.08 Å². The Morgan fingerprint density at radius 2 is 1.52 bits per heavy atom. The van der Waals surface area contributed by atoms with Gasteiger partial charge in [-0.05, 0) is 54.5 Å². The number of allylic oxidation sites excluding steroid dienone is 1. The van der Waals surface area contributed by atoms with E-state index in [9.17, 15) is 13.2 Å². The number of sulfonamides is 1. The van der Waals surface area contributed by atoms with Crippen molar-refractivity contribution in [3.8, 4) is 5.75 Å². The maximum absolute atomic E-state index is 13.1. The number of hydrogen-bond acceptors (Lipinski definition) is 4. The molecule has 0 heterocycles. The van der Waals surface area contributed by atoms with Gasteiger partial charge in [0.1, 0.15) is 5.75 Å². The van der Waals surface area contributed by atoms with E-state index >= 15 is 0 Å². The second-order valence-corrected chi connectivity index (χ2v) is 8.39. The molecular weight excluding hydrogens is 412 g/mol. The predicted octanol–water partition coefficient (Wildman–Crippen LogP) is 5.32. The highest BCUT2D eigenvalue weighted by molar-refractivity contribution is 7.94. The molecule has 6 nitrogen and oxygen atoms in total. The zero-order valence-corrected chi connectivity index (χ0v) is 18.2. The molecule has 0 fully saturated rings. The number of nitrogens with zero attached hydrogens (tertiary/aromatic N) is 1. The van der Waals surface area contributed by atoms with Crippen molar-refractivity contribution in [2.75, 3.05) is 12.0 Å². The summed E-state index contributed by atoms with van der Waals surface area (Å²) in [6, 6.07) is 24.1. The van der Waals surface area contributed by atoms with Crippen LogP contribution in [0, 0.1) is 0 Å². The summed E-state index contributed by atoms with van der Waals surface area (Å²) >= 11 is 0. The Balaban J connectivity index is 1.93. The van der Waals surface area contributed by atoms with Crippen molar-refractivity contribution in [1.29, 1.82) is 0 Å². The summed E-state index contributed by atoms with van der Waals surface area (Å²) in [5, 5.41) is 0. The van der Waals surface area contributed by atoms with Crippen molar-refractivity contribution in [3.05, 3.63) is 95.4 Å². The molecule has 0 saturated heterocycles. The number of benzene rings is 3. The number of methoxy groups -OCH3 is 1. The lowest BCUT2D eigenvalue weighted by Gasteiger charge is -2.23. The van der Waals surface area contributed by atoms with Gasteiger partial charge in [0.2, 0.25) is 0 Å². The van der Waals surface area contributed by atoms with E-state index in [1.54, 1.807) is 86.8 Å². The largest absolute Gasteiger partial charge is 0.497 e. The van der Waals surface area contributed by atoms with Crippen molar-refractivity contribution < 1.29 is 17.9 Å². The lowest BCUT2D eigenvalue weighted by atomic mass is 10.2. The molecule has 3 aromatic carbocycles. The molecule has 0 spiro atoms. The maximum Gasteiger partial charge on any atom is 0.340 e. The SMILES string of the molecule is CC/C(=C\c1cccc(OC)c1)S(=O)(=O)NC(=O)N(c1ccccc1)c1ccccc1. The van der Waals surface area contributed by atoms with E-state index in [0.717, 1.165) is 0 Å². The summed E-state index contributed by atoms with van der Waals surface area (Å²) in [6.45, 7) is 1.72. The van der Waals surface area contributed by atoms with Gasteiger partial charge in [0.05, 0.1) is 23.4 Å². The summed E-state index contributed by atoms with van der Waals surface area (Å²) in [7, 11) is -2.53. The summed E-state index contributed by atoms with van der Waals surface area (Å²) in [6.07, 6.45) is 1.75. The molecule has 0 aromatic heterocycles. The number of anilines is 2. The van der Waals surface area contributed by atoms with Crippen LogP contribution in [0.1, 0.15) is 18.9 Å². The van der Waals surface area contributed by atoms with Crippen LogP contribution in [0.3, 0.4) is 0 Å². The monoisotopic (exact) mass is 436 g/mol. The molecule has 0 radical (unpaired) electrons. The van der Waals surface area contributed by atoms with Gasteiger partial charge in [-0.15, -0.1) is 0 Å². The normalized spacial score (nSPS) is 11.6. The molecule has 0 aliphatic carbocycles. The van der Waals surface area contributed by atoms with Gasteiger partial charge < -0.3 is 4.74 Å². The fourth-order valence-corrected chi connectivity index (χ4v) is 4.17. The first-order chi connectivity index (χ1) is 14.9. The number of rotatable bonds is 7. The number of hydrogen-bond donors (Lipinski definition) is 1. The van der Waals surface area contributed by atoms with Crippen LogP contribution >= 0.6 is 0 Å². The van der Waals surface area contributed by atoms with Gasteiger partial charge in [-0.3, -0.25) is 4.90 Å². The first kappa shape index (κ1) is 22.1. The topological polar surface area (TPSA) is 75.7 Å². The fourth-order valence-electron chi connectivity index (χ4n) is 3.05. The number of carbonyl (C=O) groups excluding carboxylic acids is 1. The molecule has 31 heavy (non-hydrogen) atoms. The third kappa shape index (κ3) is 5.52. The molecule has 0 aliphatic heterocycles. The minimum absolute atomic E-state index is 0.0928. The predicted molar refractivity (Wildman–Crippen MR) is 124 cm³/mol. The standard InChI is InChI=1S/C24H24N2O4S/c1-3-23(18-19-11-10-16-22(17-19)30-2)31(28,29)25-24(27)26(20-12-6-4-7-13-20)21-14-8-5-9-15-21/h4-18H,3H2,1-2H3,(H,25,27)/b23-18+. The highest BCUT2D eigenvalue weighted by Crippen LogP contribution is 2.26. The van der Waals surface area contributed by atoms with Gasteiger partial charge >= 0.3 is 6.03 Å². The number of amides is 2. The number of ether oxygens (including phenoxy) is 1. The van der Waals surface area contributed by atoms with Crippen LogP contribution in [0.15, 0.2) is 89.8 Å². The Morgan fingerprint density at radius 3 is 2.03 bits per heavy atom. The van der Waals surface area contributed by atoms with Gasteiger partial charge in [0.25, 0.3) is 10.0 Å². The molecule has 0 bridgehead atoms. The average molecular weight is 437 g/mol. The summed E-state index contributed by atoms with van der Waals surface area (Å²) in [5.41, 5.74) is 1.77. The zero-order chi connectivity index (χ0) is 22.3. The second-order valence-electron chi connectivity index (χ2n) is 6.66. The first-order valence-electron chi connectivity index (χ1n) is 9.76. The van der Waals surface area contributed by atoms with Crippen LogP contribution in [-0.4, -0.2) is 21.6 Å². The molecule has 7 heteroatoms. The van der Waals surface area contributed by atoms with E-state index in [1.165, 1.54) is 11.0 Å². The van der Waals surface area contributed by atoms with E-state index in [1.807, 2.05) is 12.1 Å². The Hall–Kier alpha value is -3.58. The summed E-state index contributed by atoms with van der Waals surface area (Å²) < 4.78 is 33.5. The van der Waals surface area contributed by atoms with Crippen LogP contribution in [0.4, 0.5) is 16.2 Å². The first-order valence-corrected chi connectivity index (χ1v) is 11.2. The highest BCUT2D eigenvalue weighted by Gasteiger charge is 2.25. The van der Waals surface area contributed by atoms with Crippen LogP contribution in [0.2, 0.25) is 0 Å². The van der Waals surface area contributed by atoms with Gasteiger partial charge in [-0.1, -0.05) is 55.5 Å². The third-order valence-electron chi connectivity index (χ3n) is 4.57. The fraction of sp³-hybridized carbons (Fsp3) is 0.125. The molecule has 1 N–H and O–H groups in total. The minimum atomic E-state index is -4.07. The zero-order valence-electron chi connectivity index (χ0n) is 17.4. The van der Waals surface area contributed by atoms with Crippen molar-refractivity contribution in [1.82, 2.24) is 4.72 Å². The Morgan fingerprint density at radius 1 is 0.935 bits per heavy atom. The van der Waals surface area contributed by atoms with Gasteiger partial charge in [-0.25, -0.2) is 17.9 Å². The summed E-state index contributed by atoms with van der Waals surface area (Å²) in [5.74, 6) is 0.616. The van der Waals surface area contributed by atoms with Crippen molar-refractivity contribution in [3.63, 3.8) is 0 Å². The molecule has 160 valence electrons. The molecule has 0 aliphatic rings. The van der Waals surface area contributed by atoms with Gasteiger partial charge in [0, 0.05) is 0 Å². The molecule has 2 amide bonds. The third-order valence-corrected chi connectivity index (χ3v) is 6.11. The van der Waals surface area contributed by atoms with E-state index in [2.05, 4.69) is 4.72 Å². The van der Waals surface area contributed by atoms with Gasteiger partial charge in [0.15, 0.2) is 0 Å². The average Bonchev–Trinajstić information content (AvgIpc) is 2.78. The molecule has 3 aromatic rings. The van der Waals surface area contributed by atoms with Crippen molar-refractivity contribution in [2.45, 2.75) is 13.3 Å². The van der Waals surface area contributed by atoms with Crippen molar-refractivity contribution >= 4 is 33.5 Å². The number of urea groups is 1. The van der Waals surface area contributed by atoms with Crippen LogP contribution in [0.5, 0.6) is 5.75 Å². The number of nitrogens with one attached hydrogen (secondary N) is 1. The lowest BCUT2D eigenvalue weighted by molar-refractivity contribution is 0.253. The molecule has 3 rings (SSSR count). The summed E-state index contributed by atoms with van der Waals surface area (Å²) in [4.78, 5) is 14.5. The van der Waals surface area contributed by atoms with E-state index < -0.39 is 16.1 Å². The Labute approximate surface area is 182 Å². The van der Waals surface area contributed by atoms with Crippen LogP contribution in [-0.2, 0) is 10.0 Å². The van der Waals surface area contributed by atoms with Crippen LogP contribution < -0.4 is 14.4 Å². The molecular formula is C24H24N2O4S. The van der Waals surface area contributed by atoms with Gasteiger partial charge in [-0.2, -0.15) is 0 Å². The second kappa shape index (κ2) is 9.95. The lowest BCUT2D eigenvalue weighted by Crippen LogP contribution is -2.40. The Bertz CT molecular complexity index is 1120. The molecule has 0 unspecified atom stereocenters. The van der Waals surface area contributed by atoms with Crippen molar-refractivity contribution in [2.24, 2.45) is 0 Å². The number of carbonyl (C=O) groups is 1. The number of para-hydroxylation sites is 2. The smallest absolute Gasteiger partial charge is 0.340 e. The van der Waals surface area contributed by atoms with E-state index in [4.69, 9.17) is 4.74 Å². The molecule has 0 atom stereocenters. The van der Waals surface area contributed by atoms with E-state index in [-0.39, 0.29) is 11.3 Å². The highest BCUT2D eigenvalue weighted by atomic mass is 32.2. The molecule has 0 saturated carbocycles. The minimum Gasteiger partial charge on any atom is -0.497 e. The maximum atomic E-state index is 13.1.